The van der Waals surface area contributed by atoms with E-state index in [4.69, 9.17) is 0 Å². The van der Waals surface area contributed by atoms with Gasteiger partial charge in [0.15, 0.2) is 0 Å². The lowest BCUT2D eigenvalue weighted by Crippen LogP contribution is -2.05. The van der Waals surface area contributed by atoms with Crippen molar-refractivity contribution >= 4 is 39.7 Å². The zero-order valence-corrected chi connectivity index (χ0v) is 13.8. The largest absolute Gasteiger partial charge is 0.364 e. The van der Waals surface area contributed by atoms with Crippen molar-refractivity contribution in [1.82, 2.24) is 9.97 Å². The van der Waals surface area contributed by atoms with E-state index in [9.17, 15) is 0 Å². The van der Waals surface area contributed by atoms with E-state index in [2.05, 4.69) is 38.1 Å². The predicted octanol–water partition coefficient (Wildman–Crippen LogP) is 5.05. The van der Waals surface area contributed by atoms with Gasteiger partial charge in [-0.05, 0) is 35.7 Å². The maximum atomic E-state index is 4.67. The molecule has 2 aromatic carbocycles. The van der Waals surface area contributed by atoms with Gasteiger partial charge in [-0.2, -0.15) is 4.98 Å². The maximum absolute atomic E-state index is 4.67. The number of aromatic nitrogens is 2. The Kier molecular flexibility index (Phi) is 4.08. The average molecular weight is 332 g/mol. The van der Waals surface area contributed by atoms with Crippen LogP contribution in [0.4, 0.5) is 17.5 Å². The van der Waals surface area contributed by atoms with Gasteiger partial charge in [-0.1, -0.05) is 36.4 Å². The van der Waals surface area contributed by atoms with Crippen molar-refractivity contribution in [3.05, 3.63) is 77.0 Å². The van der Waals surface area contributed by atoms with E-state index >= 15 is 0 Å². The Bertz CT molecular complexity index is 936. The van der Waals surface area contributed by atoms with E-state index in [1.807, 2.05) is 54.6 Å². The first kappa shape index (κ1) is 14.7. The minimum absolute atomic E-state index is 0.591. The summed E-state index contributed by atoms with van der Waals surface area (Å²) in [7, 11) is 0. The molecule has 24 heavy (non-hydrogen) atoms. The third kappa shape index (κ3) is 3.21. The molecule has 4 rings (SSSR count). The zero-order chi connectivity index (χ0) is 16.2. The number of nitrogens with one attached hydrogen (secondary N) is 2. The van der Waals surface area contributed by atoms with Crippen LogP contribution in [0.2, 0.25) is 0 Å². The summed E-state index contributed by atoms with van der Waals surface area (Å²) in [5, 5.41) is 9.81. The smallest absolute Gasteiger partial charge is 0.229 e. The summed E-state index contributed by atoms with van der Waals surface area (Å²) in [5.41, 5.74) is 1.89. The highest BCUT2D eigenvalue weighted by atomic mass is 32.1. The molecule has 0 aliphatic carbocycles. The Balaban J connectivity index is 1.67. The van der Waals surface area contributed by atoms with Crippen molar-refractivity contribution in [2.24, 2.45) is 0 Å². The summed E-state index contributed by atoms with van der Waals surface area (Å²) >= 11 is 1.73. The van der Waals surface area contributed by atoms with Gasteiger partial charge in [-0.25, -0.2) is 4.98 Å². The van der Waals surface area contributed by atoms with Gasteiger partial charge in [-0.15, -0.1) is 11.3 Å². The first-order valence-electron chi connectivity index (χ1n) is 7.73. The third-order valence-corrected chi connectivity index (χ3v) is 4.52. The highest BCUT2D eigenvalue weighted by Crippen LogP contribution is 2.24. The lowest BCUT2D eigenvalue weighted by Gasteiger charge is -2.11. The van der Waals surface area contributed by atoms with E-state index < -0.39 is 0 Å². The van der Waals surface area contributed by atoms with E-state index in [1.165, 1.54) is 4.88 Å². The number of anilines is 3. The molecule has 0 fully saturated rings. The van der Waals surface area contributed by atoms with Crippen molar-refractivity contribution in [1.29, 1.82) is 0 Å². The average Bonchev–Trinajstić information content (AvgIpc) is 3.14. The molecule has 0 atom stereocenters. The standard InChI is InChI=1S/C19H16N4S/c1-2-7-14(8-3-1)21-19-22-17-11-5-4-10-16(17)18(23-19)20-13-15-9-6-12-24-15/h1-12H,13H2,(H2,20,21,22,23). The Morgan fingerprint density at radius 3 is 2.50 bits per heavy atom. The number of thiophene rings is 1. The Morgan fingerprint density at radius 1 is 0.833 bits per heavy atom. The Morgan fingerprint density at radius 2 is 1.67 bits per heavy atom. The van der Waals surface area contributed by atoms with Crippen molar-refractivity contribution in [2.75, 3.05) is 10.6 Å². The van der Waals surface area contributed by atoms with Crippen molar-refractivity contribution in [3.8, 4) is 0 Å². The van der Waals surface area contributed by atoms with Crippen LogP contribution in [0.1, 0.15) is 4.88 Å². The normalized spacial score (nSPS) is 10.7. The summed E-state index contributed by atoms with van der Waals surface area (Å²) < 4.78 is 0. The molecule has 0 radical (unpaired) electrons. The Hall–Kier alpha value is -2.92. The van der Waals surface area contributed by atoms with E-state index in [1.54, 1.807) is 11.3 Å². The molecule has 0 aliphatic rings. The lowest BCUT2D eigenvalue weighted by molar-refractivity contribution is 1.13. The molecule has 0 unspecified atom stereocenters. The van der Waals surface area contributed by atoms with Crippen molar-refractivity contribution < 1.29 is 0 Å². The first-order valence-corrected chi connectivity index (χ1v) is 8.61. The fraction of sp³-hybridized carbons (Fsp3) is 0.0526. The molecule has 0 spiro atoms. The molecule has 0 bridgehead atoms. The Labute approximate surface area is 144 Å². The van der Waals surface area contributed by atoms with Crippen molar-refractivity contribution in [2.45, 2.75) is 6.54 Å². The fourth-order valence-electron chi connectivity index (χ4n) is 2.50. The topological polar surface area (TPSA) is 49.8 Å². The summed E-state index contributed by atoms with van der Waals surface area (Å²) in [6.45, 7) is 0.753. The van der Waals surface area contributed by atoms with Crippen LogP contribution in [0, 0.1) is 0 Å². The summed E-state index contributed by atoms with van der Waals surface area (Å²) in [4.78, 5) is 10.6. The molecule has 0 amide bonds. The number of benzene rings is 2. The van der Waals surface area contributed by atoms with Gasteiger partial charge < -0.3 is 10.6 Å². The number of hydrogen-bond donors (Lipinski definition) is 2. The van der Waals surface area contributed by atoms with Crippen molar-refractivity contribution in [3.63, 3.8) is 0 Å². The van der Waals surface area contributed by atoms with Gasteiger partial charge in [0.2, 0.25) is 5.95 Å². The van der Waals surface area contributed by atoms with Crippen LogP contribution >= 0.6 is 11.3 Å². The number of fused-ring (bicyclic) bond motifs is 1. The first-order chi connectivity index (χ1) is 11.9. The number of nitrogens with zero attached hydrogens (tertiary/aromatic N) is 2. The lowest BCUT2D eigenvalue weighted by atomic mass is 10.2. The third-order valence-electron chi connectivity index (χ3n) is 3.64. The second-order valence-corrected chi connectivity index (χ2v) is 6.37. The molecule has 2 aromatic heterocycles. The fourth-order valence-corrected chi connectivity index (χ4v) is 3.15. The van der Waals surface area contributed by atoms with Crippen LogP contribution in [0.25, 0.3) is 10.9 Å². The molecule has 2 N–H and O–H groups in total. The molecule has 5 heteroatoms. The molecular formula is C19H16N4S. The van der Waals surface area contributed by atoms with Gasteiger partial charge in [0.05, 0.1) is 12.1 Å². The van der Waals surface area contributed by atoms with Gasteiger partial charge in [-0.3, -0.25) is 0 Å². The second kappa shape index (κ2) is 6.68. The molecule has 0 aliphatic heterocycles. The van der Waals surface area contributed by atoms with Crippen LogP contribution in [-0.2, 0) is 6.54 Å². The number of rotatable bonds is 5. The summed E-state index contributed by atoms with van der Waals surface area (Å²) in [5.74, 6) is 1.43. The van der Waals surface area contributed by atoms with E-state index in [0.717, 1.165) is 29.0 Å². The zero-order valence-electron chi connectivity index (χ0n) is 12.9. The highest BCUT2D eigenvalue weighted by Gasteiger charge is 2.08. The molecule has 4 nitrogen and oxygen atoms in total. The molecule has 0 saturated heterocycles. The highest BCUT2D eigenvalue weighted by molar-refractivity contribution is 7.09. The molecule has 4 aromatic rings. The minimum atomic E-state index is 0.591. The van der Waals surface area contributed by atoms with Gasteiger partial charge in [0, 0.05) is 16.0 Å². The molecule has 118 valence electrons. The molecular weight excluding hydrogens is 316 g/mol. The van der Waals surface area contributed by atoms with Gasteiger partial charge in [0.1, 0.15) is 5.82 Å². The van der Waals surface area contributed by atoms with Crippen LogP contribution < -0.4 is 10.6 Å². The SMILES string of the molecule is c1ccc(Nc2nc(NCc3cccs3)c3ccccc3n2)cc1. The maximum Gasteiger partial charge on any atom is 0.229 e. The van der Waals surface area contributed by atoms with Gasteiger partial charge in [0.25, 0.3) is 0 Å². The number of para-hydroxylation sites is 2. The molecule has 0 saturated carbocycles. The number of hydrogen-bond acceptors (Lipinski definition) is 5. The van der Waals surface area contributed by atoms with Crippen LogP contribution in [0.3, 0.4) is 0 Å². The molecule has 2 heterocycles. The quantitative estimate of drug-likeness (QED) is 0.537. The van der Waals surface area contributed by atoms with Crippen LogP contribution in [0.15, 0.2) is 72.1 Å². The van der Waals surface area contributed by atoms with Gasteiger partial charge >= 0.3 is 0 Å². The van der Waals surface area contributed by atoms with E-state index in [0.29, 0.717) is 5.95 Å². The van der Waals surface area contributed by atoms with Crippen LogP contribution in [-0.4, -0.2) is 9.97 Å². The summed E-state index contributed by atoms with van der Waals surface area (Å²) in [6, 6.07) is 22.2. The minimum Gasteiger partial charge on any atom is -0.364 e. The second-order valence-electron chi connectivity index (χ2n) is 5.34. The predicted molar refractivity (Wildman–Crippen MR) is 101 cm³/mol. The van der Waals surface area contributed by atoms with E-state index in [-0.39, 0.29) is 0 Å². The monoisotopic (exact) mass is 332 g/mol. The summed E-state index contributed by atoms with van der Waals surface area (Å²) in [6.07, 6.45) is 0. The van der Waals surface area contributed by atoms with Crippen LogP contribution in [0.5, 0.6) is 0 Å².